The van der Waals surface area contributed by atoms with Crippen molar-refractivity contribution >= 4 is 44.9 Å². The lowest BCUT2D eigenvalue weighted by Crippen LogP contribution is -1.97. The summed E-state index contributed by atoms with van der Waals surface area (Å²) in [4.78, 5) is 4.31. The van der Waals surface area contributed by atoms with Crippen LogP contribution >= 0.6 is 0 Å². The van der Waals surface area contributed by atoms with Crippen molar-refractivity contribution < 1.29 is 4.42 Å². The maximum atomic E-state index is 9.17. The minimum atomic E-state index is 0.403. The first-order valence-electron chi connectivity index (χ1n) is 11.4. The molecule has 0 saturated carbocycles. The zero-order valence-electron chi connectivity index (χ0n) is 19.2. The van der Waals surface area contributed by atoms with Crippen molar-refractivity contribution in [2.45, 2.75) is 6.92 Å². The average molecular weight is 452 g/mol. The van der Waals surface area contributed by atoms with E-state index in [-0.39, 0.29) is 0 Å². The molecule has 0 aliphatic carbocycles. The molecule has 0 aliphatic heterocycles. The van der Waals surface area contributed by atoms with Gasteiger partial charge in [-0.15, -0.1) is 0 Å². The summed E-state index contributed by atoms with van der Waals surface area (Å²) in [5.74, 6) is 0.770. The van der Waals surface area contributed by atoms with E-state index in [1.807, 2.05) is 37.3 Å². The second-order valence-electron chi connectivity index (χ2n) is 8.33. The zero-order valence-corrected chi connectivity index (χ0v) is 19.2. The second kappa shape index (κ2) is 8.16. The summed E-state index contributed by atoms with van der Waals surface area (Å²) >= 11 is 0. The molecule has 166 valence electrons. The number of pyridine rings is 1. The van der Waals surface area contributed by atoms with Crippen molar-refractivity contribution in [1.29, 1.82) is 5.26 Å². The van der Waals surface area contributed by atoms with Crippen LogP contribution in [-0.4, -0.2) is 9.55 Å². The van der Waals surface area contributed by atoms with Gasteiger partial charge >= 0.3 is 0 Å². The Hall–Kier alpha value is -4.88. The molecule has 0 bridgehead atoms. The monoisotopic (exact) mass is 451 g/mol. The summed E-state index contributed by atoms with van der Waals surface area (Å²) in [6, 6.07) is 26.7. The van der Waals surface area contributed by atoms with Gasteiger partial charge in [0.15, 0.2) is 0 Å². The highest BCUT2D eigenvalue weighted by Gasteiger charge is 2.21. The standard InChI is InChI=1S/C31H21N3O/c1-3-9-24-28(4-2)35-29-17-16-27-30(31(24)29)23-11-6-8-13-26(23)34(27)25-12-7-5-10-22(25)20-14-15-21(18-32)33-19-20/h3-17,19H,2H2,1H3/b9-3-. The molecule has 0 atom stereocenters. The Morgan fingerprint density at radius 3 is 2.54 bits per heavy atom. The van der Waals surface area contributed by atoms with Gasteiger partial charge in [-0.3, -0.25) is 0 Å². The summed E-state index contributed by atoms with van der Waals surface area (Å²) in [6.45, 7) is 5.97. The predicted molar refractivity (Wildman–Crippen MR) is 143 cm³/mol. The quantitative estimate of drug-likeness (QED) is 0.272. The summed E-state index contributed by atoms with van der Waals surface area (Å²) in [5.41, 5.74) is 7.53. The topological polar surface area (TPSA) is 54.8 Å². The van der Waals surface area contributed by atoms with Gasteiger partial charge < -0.3 is 8.98 Å². The summed E-state index contributed by atoms with van der Waals surface area (Å²) in [7, 11) is 0. The molecule has 0 N–H and O–H groups in total. The average Bonchev–Trinajstić information content (AvgIpc) is 3.44. The molecule has 0 amide bonds. The molecule has 35 heavy (non-hydrogen) atoms. The first-order chi connectivity index (χ1) is 17.2. The Bertz CT molecular complexity index is 1830. The SMILES string of the molecule is C=Cc1oc2ccc3c(c4ccccc4n3-c3ccccc3-c3ccc(C#N)nc3)c2c1/C=C\C. The molecule has 0 unspecified atom stereocenters. The van der Waals surface area contributed by atoms with Crippen LogP contribution in [0.5, 0.6) is 0 Å². The molecular formula is C31H21N3O. The van der Waals surface area contributed by atoms with Crippen LogP contribution in [-0.2, 0) is 0 Å². The van der Waals surface area contributed by atoms with Crippen LogP contribution < -0.4 is 0 Å². The van der Waals surface area contributed by atoms with Crippen LogP contribution in [0, 0.1) is 11.3 Å². The van der Waals surface area contributed by atoms with Gasteiger partial charge in [0.2, 0.25) is 0 Å². The number of aromatic nitrogens is 2. The number of furan rings is 1. The van der Waals surface area contributed by atoms with E-state index in [9.17, 15) is 5.26 Å². The molecule has 0 spiro atoms. The van der Waals surface area contributed by atoms with Crippen LogP contribution in [0.25, 0.3) is 61.7 Å². The minimum Gasteiger partial charge on any atom is -0.456 e. The number of para-hydroxylation sites is 2. The molecule has 3 aromatic heterocycles. The third-order valence-corrected chi connectivity index (χ3v) is 6.41. The number of rotatable bonds is 4. The third-order valence-electron chi connectivity index (χ3n) is 6.41. The Morgan fingerprint density at radius 2 is 1.77 bits per heavy atom. The molecule has 0 saturated heterocycles. The van der Waals surface area contributed by atoms with E-state index in [0.717, 1.165) is 60.9 Å². The van der Waals surface area contributed by atoms with Crippen molar-refractivity contribution in [2.75, 3.05) is 0 Å². The maximum Gasteiger partial charge on any atom is 0.140 e. The van der Waals surface area contributed by atoms with Crippen LogP contribution in [0.1, 0.15) is 23.9 Å². The number of nitriles is 1. The normalized spacial score (nSPS) is 11.5. The molecule has 4 heteroatoms. The Labute approximate surface area is 202 Å². The highest BCUT2D eigenvalue weighted by atomic mass is 16.3. The van der Waals surface area contributed by atoms with Gasteiger partial charge in [0, 0.05) is 39.0 Å². The van der Waals surface area contributed by atoms with E-state index in [4.69, 9.17) is 4.42 Å². The van der Waals surface area contributed by atoms with Crippen molar-refractivity contribution in [1.82, 2.24) is 9.55 Å². The Morgan fingerprint density at radius 1 is 0.943 bits per heavy atom. The lowest BCUT2D eigenvalue weighted by atomic mass is 10.0. The second-order valence-corrected chi connectivity index (χ2v) is 8.33. The molecular weight excluding hydrogens is 430 g/mol. The van der Waals surface area contributed by atoms with Crippen LogP contribution in [0.15, 0.2) is 96.1 Å². The number of hydrogen-bond donors (Lipinski definition) is 0. The summed E-state index contributed by atoms with van der Waals surface area (Å²) in [6.07, 6.45) is 7.65. The predicted octanol–water partition coefficient (Wildman–Crippen LogP) is 8.14. The summed E-state index contributed by atoms with van der Waals surface area (Å²) in [5, 5.41) is 12.6. The molecule has 3 aromatic carbocycles. The highest BCUT2D eigenvalue weighted by Crippen LogP contribution is 2.42. The fraction of sp³-hybridized carbons (Fsp3) is 0.0323. The van der Waals surface area contributed by atoms with E-state index in [1.165, 1.54) is 0 Å². The number of benzene rings is 3. The first-order valence-corrected chi connectivity index (χ1v) is 11.4. The molecule has 3 heterocycles. The van der Waals surface area contributed by atoms with Gasteiger partial charge in [-0.2, -0.15) is 5.26 Å². The Balaban J connectivity index is 1.75. The number of fused-ring (bicyclic) bond motifs is 5. The smallest absolute Gasteiger partial charge is 0.140 e. The zero-order chi connectivity index (χ0) is 23.9. The molecule has 6 rings (SSSR count). The van der Waals surface area contributed by atoms with Gasteiger partial charge in [0.05, 0.1) is 16.7 Å². The maximum absolute atomic E-state index is 9.17. The lowest BCUT2D eigenvalue weighted by Gasteiger charge is -2.13. The van der Waals surface area contributed by atoms with Gasteiger partial charge in [-0.1, -0.05) is 55.1 Å². The summed E-state index contributed by atoms with van der Waals surface area (Å²) < 4.78 is 8.48. The van der Waals surface area contributed by atoms with E-state index in [2.05, 4.69) is 70.7 Å². The lowest BCUT2D eigenvalue weighted by molar-refractivity contribution is 0.603. The highest BCUT2D eigenvalue weighted by molar-refractivity contribution is 6.23. The largest absolute Gasteiger partial charge is 0.456 e. The van der Waals surface area contributed by atoms with Crippen LogP contribution in [0.2, 0.25) is 0 Å². The molecule has 4 nitrogen and oxygen atoms in total. The van der Waals surface area contributed by atoms with E-state index < -0.39 is 0 Å². The van der Waals surface area contributed by atoms with Gasteiger partial charge in [-0.05, 0) is 49.4 Å². The van der Waals surface area contributed by atoms with Crippen molar-refractivity contribution in [2.24, 2.45) is 0 Å². The van der Waals surface area contributed by atoms with Gasteiger partial charge in [-0.25, -0.2) is 4.98 Å². The fourth-order valence-electron chi connectivity index (χ4n) is 4.97. The first kappa shape index (κ1) is 20.7. The van der Waals surface area contributed by atoms with E-state index >= 15 is 0 Å². The van der Waals surface area contributed by atoms with Crippen molar-refractivity contribution in [3.63, 3.8) is 0 Å². The number of allylic oxidation sites excluding steroid dienone is 1. The van der Waals surface area contributed by atoms with E-state index in [0.29, 0.717) is 5.69 Å². The van der Waals surface area contributed by atoms with Crippen LogP contribution in [0.3, 0.4) is 0 Å². The fourth-order valence-corrected chi connectivity index (χ4v) is 4.97. The molecule has 0 aliphatic rings. The van der Waals surface area contributed by atoms with Gasteiger partial charge in [0.25, 0.3) is 0 Å². The van der Waals surface area contributed by atoms with Crippen molar-refractivity contribution in [3.05, 3.63) is 109 Å². The minimum absolute atomic E-state index is 0.403. The van der Waals surface area contributed by atoms with Gasteiger partial charge in [0.1, 0.15) is 23.1 Å². The third kappa shape index (κ3) is 3.10. The van der Waals surface area contributed by atoms with E-state index in [1.54, 1.807) is 18.3 Å². The molecule has 0 fully saturated rings. The number of nitrogens with zero attached hydrogens (tertiary/aromatic N) is 3. The molecule has 6 aromatic rings. The molecule has 0 radical (unpaired) electrons. The Kier molecular flexibility index (Phi) is 4.83. The number of hydrogen-bond acceptors (Lipinski definition) is 3. The van der Waals surface area contributed by atoms with Crippen molar-refractivity contribution in [3.8, 4) is 22.9 Å². The van der Waals surface area contributed by atoms with Crippen LogP contribution in [0.4, 0.5) is 0 Å².